The summed E-state index contributed by atoms with van der Waals surface area (Å²) in [6.07, 6.45) is 0. The Morgan fingerprint density at radius 3 is 2.31 bits per heavy atom. The highest BCUT2D eigenvalue weighted by atomic mass is 79.9. The van der Waals surface area contributed by atoms with Crippen molar-refractivity contribution < 1.29 is 0 Å². The van der Waals surface area contributed by atoms with Gasteiger partial charge in [-0.3, -0.25) is 0 Å². The Labute approximate surface area is 106 Å². The topological polar surface area (TPSA) is 29.0 Å². The Morgan fingerprint density at radius 2 is 1.88 bits per heavy atom. The van der Waals surface area contributed by atoms with E-state index in [4.69, 9.17) is 0 Å². The first-order chi connectivity index (χ1) is 7.40. The molecular formula is C12H20BrN3. The Morgan fingerprint density at radius 1 is 1.25 bits per heavy atom. The van der Waals surface area contributed by atoms with Crippen LogP contribution in [-0.4, -0.2) is 22.6 Å². The number of anilines is 1. The zero-order valence-corrected chi connectivity index (χ0v) is 12.2. The van der Waals surface area contributed by atoms with Gasteiger partial charge in [0.25, 0.3) is 0 Å². The molecule has 0 saturated heterocycles. The number of nitrogens with zero attached hydrogens (tertiary/aromatic N) is 3. The van der Waals surface area contributed by atoms with Crippen molar-refractivity contribution in [3.8, 4) is 0 Å². The molecular weight excluding hydrogens is 266 g/mol. The van der Waals surface area contributed by atoms with Crippen LogP contribution in [0, 0.1) is 12.8 Å². The molecule has 1 heterocycles. The SMILES string of the molecule is Cc1nc(Br)cc(N(CC(C)C)C(C)C)n1. The molecule has 0 unspecified atom stereocenters. The summed E-state index contributed by atoms with van der Waals surface area (Å²) in [5.74, 6) is 2.43. The van der Waals surface area contributed by atoms with E-state index in [0.717, 1.165) is 22.8 Å². The van der Waals surface area contributed by atoms with Gasteiger partial charge in [-0.1, -0.05) is 13.8 Å². The van der Waals surface area contributed by atoms with E-state index in [1.54, 1.807) is 0 Å². The number of halogens is 1. The van der Waals surface area contributed by atoms with Crippen LogP contribution in [0.3, 0.4) is 0 Å². The van der Waals surface area contributed by atoms with Gasteiger partial charge in [0, 0.05) is 18.7 Å². The summed E-state index contributed by atoms with van der Waals surface area (Å²) in [6, 6.07) is 2.43. The Bertz CT molecular complexity index is 330. The monoisotopic (exact) mass is 285 g/mol. The number of aromatic nitrogens is 2. The Hall–Kier alpha value is -0.640. The summed E-state index contributed by atoms with van der Waals surface area (Å²) in [5, 5.41) is 0. The highest BCUT2D eigenvalue weighted by Gasteiger charge is 2.14. The zero-order chi connectivity index (χ0) is 12.3. The molecule has 0 aliphatic rings. The number of hydrogen-bond donors (Lipinski definition) is 0. The molecule has 0 fully saturated rings. The largest absolute Gasteiger partial charge is 0.354 e. The predicted molar refractivity (Wildman–Crippen MR) is 71.8 cm³/mol. The Balaban J connectivity index is 3.00. The van der Waals surface area contributed by atoms with Gasteiger partial charge >= 0.3 is 0 Å². The third-order valence-corrected chi connectivity index (χ3v) is 2.68. The highest BCUT2D eigenvalue weighted by molar-refractivity contribution is 9.10. The van der Waals surface area contributed by atoms with Crippen LogP contribution in [0.15, 0.2) is 10.7 Å². The first-order valence-corrected chi connectivity index (χ1v) is 6.47. The lowest BCUT2D eigenvalue weighted by Crippen LogP contribution is -2.35. The van der Waals surface area contributed by atoms with Gasteiger partial charge in [0.05, 0.1) is 0 Å². The van der Waals surface area contributed by atoms with Crippen LogP contribution in [0.5, 0.6) is 0 Å². The van der Waals surface area contributed by atoms with E-state index in [1.807, 2.05) is 13.0 Å². The molecule has 0 amide bonds. The van der Waals surface area contributed by atoms with Crippen LogP contribution in [-0.2, 0) is 0 Å². The van der Waals surface area contributed by atoms with Crippen molar-refractivity contribution in [2.75, 3.05) is 11.4 Å². The van der Waals surface area contributed by atoms with E-state index in [0.29, 0.717) is 12.0 Å². The maximum Gasteiger partial charge on any atom is 0.133 e. The summed E-state index contributed by atoms with van der Waals surface area (Å²) >= 11 is 3.42. The third kappa shape index (κ3) is 3.74. The van der Waals surface area contributed by atoms with Crippen molar-refractivity contribution in [2.24, 2.45) is 5.92 Å². The van der Waals surface area contributed by atoms with Crippen molar-refractivity contribution in [1.29, 1.82) is 0 Å². The normalized spacial score (nSPS) is 11.2. The molecule has 0 spiro atoms. The third-order valence-electron chi connectivity index (χ3n) is 2.27. The second-order valence-corrected chi connectivity index (χ2v) is 5.55. The van der Waals surface area contributed by atoms with Gasteiger partial charge in [-0.25, -0.2) is 9.97 Å². The van der Waals surface area contributed by atoms with Crippen molar-refractivity contribution >= 4 is 21.7 Å². The van der Waals surface area contributed by atoms with E-state index in [-0.39, 0.29) is 0 Å². The van der Waals surface area contributed by atoms with Crippen molar-refractivity contribution in [1.82, 2.24) is 9.97 Å². The van der Waals surface area contributed by atoms with E-state index in [2.05, 4.69) is 58.5 Å². The molecule has 1 aromatic heterocycles. The van der Waals surface area contributed by atoms with Gasteiger partial charge in [0.15, 0.2) is 0 Å². The molecule has 4 heteroatoms. The number of rotatable bonds is 4. The van der Waals surface area contributed by atoms with Crippen LogP contribution in [0.4, 0.5) is 5.82 Å². The minimum absolute atomic E-state index is 0.448. The molecule has 0 N–H and O–H groups in total. The lowest BCUT2D eigenvalue weighted by atomic mass is 10.2. The average Bonchev–Trinajstić information content (AvgIpc) is 2.11. The summed E-state index contributed by atoms with van der Waals surface area (Å²) in [4.78, 5) is 11.0. The number of hydrogen-bond acceptors (Lipinski definition) is 3. The molecule has 0 bridgehead atoms. The van der Waals surface area contributed by atoms with Gasteiger partial charge in [-0.15, -0.1) is 0 Å². The lowest BCUT2D eigenvalue weighted by Gasteiger charge is -2.29. The highest BCUT2D eigenvalue weighted by Crippen LogP contribution is 2.19. The first-order valence-electron chi connectivity index (χ1n) is 5.68. The minimum atomic E-state index is 0.448. The molecule has 16 heavy (non-hydrogen) atoms. The molecule has 1 aromatic rings. The maximum atomic E-state index is 4.49. The molecule has 3 nitrogen and oxygen atoms in total. The van der Waals surface area contributed by atoms with Crippen molar-refractivity contribution in [3.63, 3.8) is 0 Å². The molecule has 0 saturated carbocycles. The fourth-order valence-corrected chi connectivity index (χ4v) is 2.09. The van der Waals surface area contributed by atoms with Gasteiger partial charge < -0.3 is 4.90 Å². The Kier molecular flexibility index (Phi) is 4.71. The summed E-state index contributed by atoms with van der Waals surface area (Å²) < 4.78 is 0.851. The number of aryl methyl sites for hydroxylation is 1. The van der Waals surface area contributed by atoms with Gasteiger partial charge in [0.2, 0.25) is 0 Å². The van der Waals surface area contributed by atoms with Crippen LogP contribution < -0.4 is 4.90 Å². The first kappa shape index (κ1) is 13.4. The standard InChI is InChI=1S/C12H20BrN3/c1-8(2)7-16(9(3)4)12-6-11(13)14-10(5)15-12/h6,8-9H,7H2,1-5H3. The fourth-order valence-electron chi connectivity index (χ4n) is 1.63. The minimum Gasteiger partial charge on any atom is -0.354 e. The van der Waals surface area contributed by atoms with Crippen LogP contribution >= 0.6 is 15.9 Å². The second-order valence-electron chi connectivity index (χ2n) is 4.74. The summed E-state index contributed by atoms with van der Waals surface area (Å²) in [5.41, 5.74) is 0. The van der Waals surface area contributed by atoms with E-state index in [9.17, 15) is 0 Å². The average molecular weight is 286 g/mol. The van der Waals surface area contributed by atoms with Crippen molar-refractivity contribution in [3.05, 3.63) is 16.5 Å². The van der Waals surface area contributed by atoms with Gasteiger partial charge in [-0.05, 0) is 42.6 Å². The maximum absolute atomic E-state index is 4.49. The zero-order valence-electron chi connectivity index (χ0n) is 10.7. The smallest absolute Gasteiger partial charge is 0.133 e. The van der Waals surface area contributed by atoms with E-state index in [1.165, 1.54) is 0 Å². The quantitative estimate of drug-likeness (QED) is 0.794. The lowest BCUT2D eigenvalue weighted by molar-refractivity contribution is 0.565. The van der Waals surface area contributed by atoms with Gasteiger partial charge in [0.1, 0.15) is 16.2 Å². The molecule has 1 rings (SSSR count). The van der Waals surface area contributed by atoms with Gasteiger partial charge in [-0.2, -0.15) is 0 Å². The fraction of sp³-hybridized carbons (Fsp3) is 0.667. The summed E-state index contributed by atoms with van der Waals surface area (Å²) in [6.45, 7) is 11.8. The molecule has 0 atom stereocenters. The molecule has 0 aromatic carbocycles. The van der Waals surface area contributed by atoms with Crippen LogP contribution in [0.2, 0.25) is 0 Å². The van der Waals surface area contributed by atoms with Crippen molar-refractivity contribution in [2.45, 2.75) is 40.7 Å². The molecule has 90 valence electrons. The predicted octanol–water partition coefficient (Wildman–Crippen LogP) is 3.42. The van der Waals surface area contributed by atoms with E-state index >= 15 is 0 Å². The molecule has 0 aliphatic heterocycles. The summed E-state index contributed by atoms with van der Waals surface area (Å²) in [7, 11) is 0. The van der Waals surface area contributed by atoms with Crippen LogP contribution in [0.1, 0.15) is 33.5 Å². The molecule has 0 radical (unpaired) electrons. The van der Waals surface area contributed by atoms with E-state index < -0.39 is 0 Å². The molecule has 0 aliphatic carbocycles. The van der Waals surface area contributed by atoms with Crippen LogP contribution in [0.25, 0.3) is 0 Å². The second kappa shape index (κ2) is 5.62.